The standard InChI is InChI=1S/C16H22N4O5S2/c1-11-5-6-12(2)13(7-11)19-16(21)10-20-8-14(26(22,23)17-3)15(9-20)27(24,25)18-4/h5-9,17-18H,10H2,1-4H3,(H,19,21). The Kier molecular flexibility index (Phi) is 6.10. The molecule has 0 saturated heterocycles. The molecule has 0 aliphatic rings. The molecule has 0 bridgehead atoms. The monoisotopic (exact) mass is 414 g/mol. The Morgan fingerprint density at radius 1 is 0.963 bits per heavy atom. The van der Waals surface area contributed by atoms with E-state index in [0.29, 0.717) is 5.69 Å². The quantitative estimate of drug-likeness (QED) is 0.610. The minimum atomic E-state index is -4.03. The molecule has 0 aliphatic heterocycles. The van der Waals surface area contributed by atoms with Crippen molar-refractivity contribution in [1.82, 2.24) is 14.0 Å². The maximum atomic E-state index is 12.3. The molecule has 0 spiro atoms. The summed E-state index contributed by atoms with van der Waals surface area (Å²) in [6.07, 6.45) is 2.22. The van der Waals surface area contributed by atoms with Gasteiger partial charge in [-0.3, -0.25) is 4.79 Å². The van der Waals surface area contributed by atoms with Crippen LogP contribution in [0.25, 0.3) is 0 Å². The van der Waals surface area contributed by atoms with E-state index in [1.807, 2.05) is 32.0 Å². The van der Waals surface area contributed by atoms with E-state index in [4.69, 9.17) is 0 Å². The Balaban J connectivity index is 2.35. The van der Waals surface area contributed by atoms with Crippen molar-refractivity contribution >= 4 is 31.6 Å². The number of nitrogens with zero attached hydrogens (tertiary/aromatic N) is 1. The van der Waals surface area contributed by atoms with Crippen LogP contribution in [0.1, 0.15) is 11.1 Å². The van der Waals surface area contributed by atoms with Gasteiger partial charge in [-0.25, -0.2) is 26.3 Å². The van der Waals surface area contributed by atoms with Crippen molar-refractivity contribution in [3.8, 4) is 0 Å². The van der Waals surface area contributed by atoms with Crippen LogP contribution in [-0.2, 0) is 31.4 Å². The predicted molar refractivity (Wildman–Crippen MR) is 101 cm³/mol. The van der Waals surface area contributed by atoms with Crippen LogP contribution in [0.15, 0.2) is 40.4 Å². The zero-order chi connectivity index (χ0) is 20.4. The average Bonchev–Trinajstić information content (AvgIpc) is 3.03. The largest absolute Gasteiger partial charge is 0.342 e. The molecule has 2 rings (SSSR count). The van der Waals surface area contributed by atoms with Gasteiger partial charge < -0.3 is 9.88 Å². The van der Waals surface area contributed by atoms with Gasteiger partial charge in [0.2, 0.25) is 26.0 Å². The molecule has 2 aromatic rings. The molecule has 0 saturated carbocycles. The number of sulfonamides is 2. The van der Waals surface area contributed by atoms with Gasteiger partial charge >= 0.3 is 0 Å². The summed E-state index contributed by atoms with van der Waals surface area (Å²) in [6.45, 7) is 3.49. The number of amides is 1. The normalized spacial score (nSPS) is 12.1. The molecular weight excluding hydrogens is 392 g/mol. The fourth-order valence-electron chi connectivity index (χ4n) is 2.41. The number of hydrogen-bond acceptors (Lipinski definition) is 5. The van der Waals surface area contributed by atoms with Crippen LogP contribution in [0.5, 0.6) is 0 Å². The third-order valence-electron chi connectivity index (χ3n) is 3.92. The van der Waals surface area contributed by atoms with Crippen LogP contribution in [0.4, 0.5) is 5.69 Å². The first-order chi connectivity index (χ1) is 12.5. The van der Waals surface area contributed by atoms with E-state index in [1.54, 1.807) is 0 Å². The minimum absolute atomic E-state index is 0.251. The number of anilines is 1. The molecule has 1 amide bonds. The maximum absolute atomic E-state index is 12.3. The summed E-state index contributed by atoms with van der Waals surface area (Å²) >= 11 is 0. The summed E-state index contributed by atoms with van der Waals surface area (Å²) in [5.41, 5.74) is 2.48. The van der Waals surface area contributed by atoms with Gasteiger partial charge in [0.25, 0.3) is 0 Å². The molecule has 148 valence electrons. The molecule has 11 heteroatoms. The first-order valence-corrected chi connectivity index (χ1v) is 10.9. The number of aryl methyl sites for hydroxylation is 2. The molecule has 3 N–H and O–H groups in total. The summed E-state index contributed by atoms with van der Waals surface area (Å²) in [4.78, 5) is 11.5. The van der Waals surface area contributed by atoms with Crippen molar-refractivity contribution in [3.05, 3.63) is 41.7 Å². The molecule has 9 nitrogen and oxygen atoms in total. The molecule has 1 heterocycles. The number of carbonyl (C=O) groups excluding carboxylic acids is 1. The van der Waals surface area contributed by atoms with Gasteiger partial charge in [-0.2, -0.15) is 0 Å². The summed E-state index contributed by atoms with van der Waals surface area (Å²) in [5.74, 6) is -0.416. The third kappa shape index (κ3) is 4.75. The fraction of sp³-hybridized carbons (Fsp3) is 0.312. The maximum Gasteiger partial charge on any atom is 0.244 e. The van der Waals surface area contributed by atoms with Gasteiger partial charge in [0, 0.05) is 18.1 Å². The Labute approximate surface area is 158 Å². The summed E-state index contributed by atoms with van der Waals surface area (Å²) in [5, 5.41) is 2.74. The van der Waals surface area contributed by atoms with Crippen molar-refractivity contribution < 1.29 is 21.6 Å². The topological polar surface area (TPSA) is 126 Å². The Hall–Kier alpha value is -2.21. The van der Waals surface area contributed by atoms with E-state index in [0.717, 1.165) is 23.5 Å². The van der Waals surface area contributed by atoms with Gasteiger partial charge in [-0.05, 0) is 45.1 Å². The van der Waals surface area contributed by atoms with E-state index in [-0.39, 0.29) is 6.54 Å². The number of aromatic nitrogens is 1. The van der Waals surface area contributed by atoms with Crippen LogP contribution in [0, 0.1) is 13.8 Å². The number of hydrogen-bond donors (Lipinski definition) is 3. The van der Waals surface area contributed by atoms with E-state index >= 15 is 0 Å². The summed E-state index contributed by atoms with van der Waals surface area (Å²) in [7, 11) is -5.71. The van der Waals surface area contributed by atoms with Crippen LogP contribution < -0.4 is 14.8 Å². The van der Waals surface area contributed by atoms with Gasteiger partial charge in [0.05, 0.1) is 0 Å². The van der Waals surface area contributed by atoms with Crippen LogP contribution in [0.2, 0.25) is 0 Å². The summed E-state index contributed by atoms with van der Waals surface area (Å²) in [6, 6.07) is 5.60. The molecule has 0 aliphatic carbocycles. The van der Waals surface area contributed by atoms with Crippen molar-refractivity contribution in [3.63, 3.8) is 0 Å². The highest BCUT2D eigenvalue weighted by Gasteiger charge is 2.27. The van der Waals surface area contributed by atoms with Gasteiger partial charge in [-0.15, -0.1) is 0 Å². The zero-order valence-corrected chi connectivity index (χ0v) is 17.0. The summed E-state index contributed by atoms with van der Waals surface area (Å²) < 4.78 is 53.9. The fourth-order valence-corrected chi connectivity index (χ4v) is 4.69. The van der Waals surface area contributed by atoms with Gasteiger partial charge in [0.1, 0.15) is 16.3 Å². The smallest absolute Gasteiger partial charge is 0.244 e. The molecule has 0 atom stereocenters. The second-order valence-corrected chi connectivity index (χ2v) is 9.65. The number of carbonyl (C=O) groups is 1. The Bertz CT molecular complexity index is 1020. The zero-order valence-electron chi connectivity index (χ0n) is 15.4. The lowest BCUT2D eigenvalue weighted by atomic mass is 10.1. The van der Waals surface area contributed by atoms with E-state index in [1.165, 1.54) is 18.7 Å². The number of nitrogens with one attached hydrogen (secondary N) is 3. The molecule has 0 unspecified atom stereocenters. The lowest BCUT2D eigenvalue weighted by Gasteiger charge is -2.09. The molecule has 0 radical (unpaired) electrons. The molecule has 1 aromatic carbocycles. The SMILES string of the molecule is CNS(=O)(=O)c1cn(CC(=O)Nc2cc(C)ccc2C)cc1S(=O)(=O)NC. The van der Waals surface area contributed by atoms with Crippen molar-refractivity contribution in [2.45, 2.75) is 30.2 Å². The molecule has 27 heavy (non-hydrogen) atoms. The van der Waals surface area contributed by atoms with E-state index in [9.17, 15) is 21.6 Å². The number of benzene rings is 1. The lowest BCUT2D eigenvalue weighted by molar-refractivity contribution is -0.116. The van der Waals surface area contributed by atoms with Gasteiger partial charge in [0.15, 0.2) is 0 Å². The van der Waals surface area contributed by atoms with Gasteiger partial charge in [-0.1, -0.05) is 12.1 Å². The van der Waals surface area contributed by atoms with Crippen molar-refractivity contribution in [1.29, 1.82) is 0 Å². The predicted octanol–water partition coefficient (Wildman–Crippen LogP) is 0.560. The molecular formula is C16H22N4O5S2. The van der Waals surface area contributed by atoms with E-state index < -0.39 is 35.7 Å². The highest BCUT2D eigenvalue weighted by molar-refractivity contribution is 7.92. The highest BCUT2D eigenvalue weighted by Crippen LogP contribution is 2.22. The number of rotatable bonds is 7. The van der Waals surface area contributed by atoms with Crippen LogP contribution in [-0.4, -0.2) is 41.4 Å². The lowest BCUT2D eigenvalue weighted by Crippen LogP contribution is -2.24. The van der Waals surface area contributed by atoms with Crippen LogP contribution in [0.3, 0.4) is 0 Å². The molecule has 1 aromatic heterocycles. The Morgan fingerprint density at radius 2 is 1.48 bits per heavy atom. The van der Waals surface area contributed by atoms with Crippen molar-refractivity contribution in [2.75, 3.05) is 19.4 Å². The molecule has 0 fully saturated rings. The first kappa shape index (κ1) is 21.1. The third-order valence-corrected chi connectivity index (χ3v) is 6.93. The minimum Gasteiger partial charge on any atom is -0.342 e. The van der Waals surface area contributed by atoms with Crippen molar-refractivity contribution in [2.24, 2.45) is 0 Å². The van der Waals surface area contributed by atoms with E-state index in [2.05, 4.69) is 14.8 Å². The average molecular weight is 415 g/mol. The van der Waals surface area contributed by atoms with Crippen LogP contribution >= 0.6 is 0 Å². The first-order valence-electron chi connectivity index (χ1n) is 7.94. The Morgan fingerprint density at radius 3 is 1.96 bits per heavy atom. The second-order valence-electron chi connectivity index (χ2n) is 5.94. The highest BCUT2D eigenvalue weighted by atomic mass is 32.2. The second kappa shape index (κ2) is 7.80.